The Bertz CT molecular complexity index is 624. The average molecular weight is 305 g/mol. The van der Waals surface area contributed by atoms with Crippen molar-refractivity contribution in [2.45, 2.75) is 44.6 Å². The van der Waals surface area contributed by atoms with Crippen LogP contribution in [0.5, 0.6) is 0 Å². The first-order chi connectivity index (χ1) is 10.5. The molecule has 0 spiro atoms. The predicted octanol–water partition coefficient (Wildman–Crippen LogP) is 2.18. The number of benzene rings is 1. The fraction of sp³-hybridized carbons (Fsp3) is 0.500. The first-order valence-corrected chi connectivity index (χ1v) is 7.73. The molecular formula is C16H20FN3O2. The van der Waals surface area contributed by atoms with Crippen LogP contribution in [-0.4, -0.2) is 23.9 Å². The minimum atomic E-state index is -0.619. The number of carbonyl (C=O) groups excluding carboxylic acids is 2. The zero-order valence-corrected chi connectivity index (χ0v) is 12.6. The average Bonchev–Trinajstić information content (AvgIpc) is 2.98. The zero-order valence-electron chi connectivity index (χ0n) is 12.6. The van der Waals surface area contributed by atoms with Crippen LogP contribution in [0.1, 0.15) is 38.2 Å². The van der Waals surface area contributed by atoms with Crippen LogP contribution in [0.25, 0.3) is 0 Å². The molecule has 118 valence electrons. The maximum atomic E-state index is 14.2. The summed E-state index contributed by atoms with van der Waals surface area (Å²) in [6.45, 7) is 2.74. The van der Waals surface area contributed by atoms with Crippen LogP contribution in [0, 0.1) is 5.82 Å². The van der Waals surface area contributed by atoms with E-state index in [4.69, 9.17) is 0 Å². The topological polar surface area (TPSA) is 70.2 Å². The maximum absolute atomic E-state index is 14.2. The Balaban J connectivity index is 1.84. The lowest BCUT2D eigenvalue weighted by Crippen LogP contribution is -2.50. The summed E-state index contributed by atoms with van der Waals surface area (Å²) < 4.78 is 14.2. The second kappa shape index (κ2) is 5.68. The summed E-state index contributed by atoms with van der Waals surface area (Å²) in [5.41, 5.74) is 0.843. The maximum Gasteiger partial charge on any atom is 0.244 e. The number of rotatable bonds is 3. The van der Waals surface area contributed by atoms with Crippen molar-refractivity contribution in [3.05, 3.63) is 23.5 Å². The van der Waals surface area contributed by atoms with E-state index < -0.39 is 11.4 Å². The Morgan fingerprint density at radius 2 is 2.23 bits per heavy atom. The van der Waals surface area contributed by atoms with Gasteiger partial charge in [0.1, 0.15) is 5.82 Å². The van der Waals surface area contributed by atoms with Gasteiger partial charge in [0.25, 0.3) is 0 Å². The number of nitrogens with one attached hydrogen (secondary N) is 3. The van der Waals surface area contributed by atoms with E-state index in [-0.39, 0.29) is 17.5 Å². The van der Waals surface area contributed by atoms with E-state index in [9.17, 15) is 14.0 Å². The fourth-order valence-corrected chi connectivity index (χ4v) is 3.20. The van der Waals surface area contributed by atoms with Crippen LogP contribution in [0.4, 0.5) is 15.8 Å². The highest BCUT2D eigenvalue weighted by atomic mass is 19.1. The molecule has 1 aromatic rings. The second-order valence-corrected chi connectivity index (χ2v) is 5.96. The van der Waals surface area contributed by atoms with Crippen molar-refractivity contribution < 1.29 is 14.0 Å². The van der Waals surface area contributed by atoms with Gasteiger partial charge in [-0.15, -0.1) is 0 Å². The SMILES string of the molecule is CCC1(C(=O)Nc2cc3c(cc2F)CCC(=O)N3)CCCN1. The largest absolute Gasteiger partial charge is 0.326 e. The Labute approximate surface area is 128 Å². The van der Waals surface area contributed by atoms with E-state index in [1.165, 1.54) is 12.1 Å². The van der Waals surface area contributed by atoms with Gasteiger partial charge < -0.3 is 16.0 Å². The van der Waals surface area contributed by atoms with Gasteiger partial charge in [-0.25, -0.2) is 4.39 Å². The van der Waals surface area contributed by atoms with Crippen LogP contribution < -0.4 is 16.0 Å². The molecule has 1 aromatic carbocycles. The molecule has 1 atom stereocenters. The van der Waals surface area contributed by atoms with Gasteiger partial charge in [0.05, 0.1) is 11.2 Å². The second-order valence-electron chi connectivity index (χ2n) is 5.96. The normalized spacial score (nSPS) is 23.8. The van der Waals surface area contributed by atoms with E-state index >= 15 is 0 Å². The number of anilines is 2. The summed E-state index contributed by atoms with van der Waals surface area (Å²) in [7, 11) is 0. The number of amides is 2. The smallest absolute Gasteiger partial charge is 0.244 e. The molecular weight excluding hydrogens is 285 g/mol. The molecule has 0 radical (unpaired) electrons. The van der Waals surface area contributed by atoms with E-state index in [0.29, 0.717) is 24.9 Å². The van der Waals surface area contributed by atoms with E-state index in [1.807, 2.05) is 6.92 Å². The number of fused-ring (bicyclic) bond motifs is 1. The lowest BCUT2D eigenvalue weighted by atomic mass is 9.93. The molecule has 22 heavy (non-hydrogen) atoms. The lowest BCUT2D eigenvalue weighted by molar-refractivity contribution is -0.122. The minimum absolute atomic E-state index is 0.0844. The van der Waals surface area contributed by atoms with Crippen molar-refractivity contribution in [1.29, 1.82) is 0 Å². The van der Waals surface area contributed by atoms with Crippen LogP contribution in [0.3, 0.4) is 0 Å². The van der Waals surface area contributed by atoms with Crippen molar-refractivity contribution in [3.8, 4) is 0 Å². The Hall–Kier alpha value is -1.95. The lowest BCUT2D eigenvalue weighted by Gasteiger charge is -2.27. The third kappa shape index (κ3) is 2.59. The monoisotopic (exact) mass is 305 g/mol. The minimum Gasteiger partial charge on any atom is -0.326 e. The Kier molecular flexibility index (Phi) is 3.87. The third-order valence-electron chi connectivity index (χ3n) is 4.62. The van der Waals surface area contributed by atoms with Gasteiger partial charge in [0.2, 0.25) is 11.8 Å². The first-order valence-electron chi connectivity index (χ1n) is 7.73. The van der Waals surface area contributed by atoms with Crippen LogP contribution in [0.15, 0.2) is 12.1 Å². The summed E-state index contributed by atoms with van der Waals surface area (Å²) >= 11 is 0. The third-order valence-corrected chi connectivity index (χ3v) is 4.62. The highest BCUT2D eigenvalue weighted by Crippen LogP contribution is 2.30. The Morgan fingerprint density at radius 1 is 1.41 bits per heavy atom. The molecule has 0 bridgehead atoms. The first kappa shape index (κ1) is 15.0. The molecule has 1 saturated heterocycles. The van der Waals surface area contributed by atoms with E-state index in [0.717, 1.165) is 24.9 Å². The molecule has 1 fully saturated rings. The molecule has 2 amide bonds. The fourth-order valence-electron chi connectivity index (χ4n) is 3.20. The number of hydrogen-bond donors (Lipinski definition) is 3. The van der Waals surface area contributed by atoms with Gasteiger partial charge in [-0.05, 0) is 49.9 Å². The van der Waals surface area contributed by atoms with Crippen molar-refractivity contribution in [3.63, 3.8) is 0 Å². The van der Waals surface area contributed by atoms with E-state index in [2.05, 4.69) is 16.0 Å². The summed E-state index contributed by atoms with van der Waals surface area (Å²) in [6.07, 6.45) is 3.22. The number of aryl methyl sites for hydroxylation is 1. The van der Waals surface area contributed by atoms with Gasteiger partial charge in [0, 0.05) is 12.1 Å². The molecule has 6 heteroatoms. The predicted molar refractivity (Wildman–Crippen MR) is 82.2 cm³/mol. The summed E-state index contributed by atoms with van der Waals surface area (Å²) in [6, 6.07) is 2.91. The van der Waals surface area contributed by atoms with Crippen molar-refractivity contribution >= 4 is 23.2 Å². The molecule has 0 aliphatic carbocycles. The number of hydrogen-bond acceptors (Lipinski definition) is 3. The van der Waals surface area contributed by atoms with Gasteiger partial charge in [-0.2, -0.15) is 0 Å². The van der Waals surface area contributed by atoms with E-state index in [1.54, 1.807) is 0 Å². The molecule has 2 aliphatic rings. The molecule has 0 saturated carbocycles. The molecule has 0 aromatic heterocycles. The summed E-state index contributed by atoms with van der Waals surface area (Å²) in [5, 5.41) is 8.63. The quantitative estimate of drug-likeness (QED) is 0.801. The highest BCUT2D eigenvalue weighted by Gasteiger charge is 2.39. The summed E-state index contributed by atoms with van der Waals surface area (Å²) in [5.74, 6) is -0.764. The van der Waals surface area contributed by atoms with Crippen molar-refractivity contribution in [1.82, 2.24) is 5.32 Å². The highest BCUT2D eigenvalue weighted by molar-refractivity contribution is 6.00. The standard InChI is InChI=1S/C16H20FN3O2/c1-2-16(6-3-7-18-16)15(22)20-13-9-12-10(8-11(13)17)4-5-14(21)19-12/h8-9,18H,2-7H2,1H3,(H,19,21)(H,20,22). The molecule has 3 rings (SSSR count). The van der Waals surface area contributed by atoms with Crippen molar-refractivity contribution in [2.75, 3.05) is 17.2 Å². The number of halogens is 1. The van der Waals surface area contributed by atoms with Crippen LogP contribution in [-0.2, 0) is 16.0 Å². The van der Waals surface area contributed by atoms with Crippen molar-refractivity contribution in [2.24, 2.45) is 0 Å². The molecule has 1 unspecified atom stereocenters. The molecule has 2 aliphatic heterocycles. The molecule has 2 heterocycles. The van der Waals surface area contributed by atoms with Gasteiger partial charge in [0.15, 0.2) is 0 Å². The number of carbonyl (C=O) groups is 2. The van der Waals surface area contributed by atoms with Gasteiger partial charge in [-0.1, -0.05) is 6.92 Å². The molecule has 3 N–H and O–H groups in total. The molecule has 5 nitrogen and oxygen atoms in total. The van der Waals surface area contributed by atoms with Crippen LogP contribution in [0.2, 0.25) is 0 Å². The van der Waals surface area contributed by atoms with Crippen LogP contribution >= 0.6 is 0 Å². The summed E-state index contributed by atoms with van der Waals surface area (Å²) in [4.78, 5) is 24.0. The van der Waals surface area contributed by atoms with Gasteiger partial charge >= 0.3 is 0 Å². The Morgan fingerprint density at radius 3 is 2.91 bits per heavy atom. The van der Waals surface area contributed by atoms with Gasteiger partial charge in [-0.3, -0.25) is 9.59 Å². The zero-order chi connectivity index (χ0) is 15.7.